The van der Waals surface area contributed by atoms with Crippen LogP contribution in [0.15, 0.2) is 18.3 Å². The average molecular weight is 325 g/mol. The smallest absolute Gasteiger partial charge is 0.220 e. The van der Waals surface area contributed by atoms with Crippen LogP contribution in [0.1, 0.15) is 43.6 Å². The molecule has 1 atom stereocenters. The maximum atomic E-state index is 12.0. The van der Waals surface area contributed by atoms with Gasteiger partial charge in [-0.2, -0.15) is 0 Å². The van der Waals surface area contributed by atoms with Crippen LogP contribution in [0, 0.1) is 13.8 Å². The lowest BCUT2D eigenvalue weighted by Crippen LogP contribution is -2.32. The molecule has 1 amide bonds. The average Bonchev–Trinajstić information content (AvgIpc) is 2.93. The van der Waals surface area contributed by atoms with Crippen molar-refractivity contribution in [3.8, 4) is 0 Å². The molecule has 3 aromatic heterocycles. The predicted octanol–water partition coefficient (Wildman–Crippen LogP) is 2.74. The second kappa shape index (κ2) is 6.55. The van der Waals surface area contributed by atoms with E-state index in [1.807, 2.05) is 37.4 Å². The van der Waals surface area contributed by atoms with Crippen molar-refractivity contribution < 1.29 is 4.79 Å². The summed E-state index contributed by atoms with van der Waals surface area (Å²) in [5.74, 6) is 0.0792. The number of amides is 1. The standard InChI is InChI=1S/C18H23N5O/c1-5-11(2)20-16(24)9-8-14-12(3)21-18-15-7-6-10-19-17(15)22-23(18)13(14)4/h6-7,10-11H,5,8-9H2,1-4H3,(H,20,24)/t11-/m1/s1. The van der Waals surface area contributed by atoms with Crippen molar-refractivity contribution in [1.29, 1.82) is 0 Å². The molecule has 0 aliphatic rings. The SMILES string of the molecule is CC[C@@H](C)NC(=O)CCc1c(C)nc2c3cccnc3nn2c1C. The Balaban J connectivity index is 1.91. The zero-order valence-corrected chi connectivity index (χ0v) is 14.6. The summed E-state index contributed by atoms with van der Waals surface area (Å²) in [7, 11) is 0. The van der Waals surface area contributed by atoms with E-state index in [1.54, 1.807) is 6.20 Å². The van der Waals surface area contributed by atoms with Crippen LogP contribution in [0.25, 0.3) is 16.7 Å². The first-order valence-corrected chi connectivity index (χ1v) is 8.40. The highest BCUT2D eigenvalue weighted by atomic mass is 16.1. The number of pyridine rings is 1. The van der Waals surface area contributed by atoms with Gasteiger partial charge in [-0.3, -0.25) is 4.79 Å². The number of nitrogens with zero attached hydrogens (tertiary/aromatic N) is 4. The van der Waals surface area contributed by atoms with Gasteiger partial charge in [-0.25, -0.2) is 14.5 Å². The van der Waals surface area contributed by atoms with E-state index >= 15 is 0 Å². The molecule has 0 bridgehead atoms. The number of carbonyl (C=O) groups excluding carboxylic acids is 1. The Morgan fingerprint density at radius 3 is 2.92 bits per heavy atom. The van der Waals surface area contributed by atoms with E-state index in [4.69, 9.17) is 4.98 Å². The Bertz CT molecular complexity index is 899. The molecule has 3 aromatic rings. The van der Waals surface area contributed by atoms with Crippen LogP contribution in [0.3, 0.4) is 0 Å². The molecule has 6 heteroatoms. The molecule has 0 radical (unpaired) electrons. The monoisotopic (exact) mass is 325 g/mol. The highest BCUT2D eigenvalue weighted by Crippen LogP contribution is 2.21. The second-order valence-corrected chi connectivity index (χ2v) is 6.25. The Kier molecular flexibility index (Phi) is 4.46. The third kappa shape index (κ3) is 2.96. The minimum atomic E-state index is 0.0792. The molecule has 1 N–H and O–H groups in total. The molecule has 0 saturated heterocycles. The molecule has 3 heterocycles. The number of hydrogen-bond acceptors (Lipinski definition) is 4. The summed E-state index contributed by atoms with van der Waals surface area (Å²) in [4.78, 5) is 21.1. The van der Waals surface area contributed by atoms with E-state index < -0.39 is 0 Å². The van der Waals surface area contributed by atoms with Crippen LogP contribution < -0.4 is 5.32 Å². The van der Waals surface area contributed by atoms with Crippen LogP contribution in [0.2, 0.25) is 0 Å². The van der Waals surface area contributed by atoms with Crippen molar-refractivity contribution in [3.05, 3.63) is 35.3 Å². The van der Waals surface area contributed by atoms with Gasteiger partial charge in [-0.05, 0) is 51.3 Å². The first kappa shape index (κ1) is 16.4. The number of aromatic nitrogens is 4. The van der Waals surface area contributed by atoms with Crippen molar-refractivity contribution in [1.82, 2.24) is 24.9 Å². The first-order chi connectivity index (χ1) is 11.5. The van der Waals surface area contributed by atoms with Gasteiger partial charge >= 0.3 is 0 Å². The third-order valence-corrected chi connectivity index (χ3v) is 4.51. The lowest BCUT2D eigenvalue weighted by Gasteiger charge is -2.13. The highest BCUT2D eigenvalue weighted by molar-refractivity contribution is 5.89. The van der Waals surface area contributed by atoms with Crippen LogP contribution >= 0.6 is 0 Å². The second-order valence-electron chi connectivity index (χ2n) is 6.25. The van der Waals surface area contributed by atoms with Crippen LogP contribution in [0.4, 0.5) is 0 Å². The number of aryl methyl sites for hydroxylation is 2. The van der Waals surface area contributed by atoms with E-state index in [0.717, 1.165) is 34.4 Å². The summed E-state index contributed by atoms with van der Waals surface area (Å²) in [6.07, 6.45) is 3.78. The van der Waals surface area contributed by atoms with Crippen molar-refractivity contribution in [3.63, 3.8) is 0 Å². The van der Waals surface area contributed by atoms with Gasteiger partial charge in [0.2, 0.25) is 5.91 Å². The number of nitrogens with one attached hydrogen (secondary N) is 1. The van der Waals surface area contributed by atoms with Gasteiger partial charge in [-0.1, -0.05) is 6.92 Å². The van der Waals surface area contributed by atoms with Gasteiger partial charge < -0.3 is 5.32 Å². The summed E-state index contributed by atoms with van der Waals surface area (Å²) >= 11 is 0. The van der Waals surface area contributed by atoms with E-state index in [-0.39, 0.29) is 11.9 Å². The highest BCUT2D eigenvalue weighted by Gasteiger charge is 2.15. The quantitative estimate of drug-likeness (QED) is 0.783. The summed E-state index contributed by atoms with van der Waals surface area (Å²) in [6.45, 7) is 8.09. The Morgan fingerprint density at radius 1 is 1.38 bits per heavy atom. The molecule has 0 aromatic carbocycles. The molecule has 0 aliphatic heterocycles. The van der Waals surface area contributed by atoms with E-state index in [0.29, 0.717) is 18.5 Å². The summed E-state index contributed by atoms with van der Waals surface area (Å²) in [6, 6.07) is 4.09. The molecular weight excluding hydrogens is 302 g/mol. The molecule has 3 rings (SSSR count). The molecule has 0 spiro atoms. The van der Waals surface area contributed by atoms with Gasteiger partial charge in [0.15, 0.2) is 11.3 Å². The van der Waals surface area contributed by atoms with Gasteiger partial charge in [0.05, 0.1) is 5.39 Å². The lowest BCUT2D eigenvalue weighted by atomic mass is 10.1. The maximum Gasteiger partial charge on any atom is 0.220 e. The molecule has 0 saturated carbocycles. The molecule has 24 heavy (non-hydrogen) atoms. The van der Waals surface area contributed by atoms with E-state index in [9.17, 15) is 4.79 Å². The zero-order chi connectivity index (χ0) is 17.3. The van der Waals surface area contributed by atoms with E-state index in [1.165, 1.54) is 0 Å². The van der Waals surface area contributed by atoms with Gasteiger partial charge in [0.1, 0.15) is 0 Å². The minimum absolute atomic E-state index is 0.0792. The first-order valence-electron chi connectivity index (χ1n) is 8.40. The van der Waals surface area contributed by atoms with Crippen LogP contribution in [-0.2, 0) is 11.2 Å². The van der Waals surface area contributed by atoms with Crippen LogP contribution in [0.5, 0.6) is 0 Å². The zero-order valence-electron chi connectivity index (χ0n) is 14.6. The summed E-state index contributed by atoms with van der Waals surface area (Å²) < 4.78 is 1.84. The predicted molar refractivity (Wildman–Crippen MR) is 94.0 cm³/mol. The van der Waals surface area contributed by atoms with Crippen LogP contribution in [-0.4, -0.2) is 31.5 Å². The minimum Gasteiger partial charge on any atom is -0.354 e. The fourth-order valence-corrected chi connectivity index (χ4v) is 2.91. The lowest BCUT2D eigenvalue weighted by molar-refractivity contribution is -0.121. The van der Waals surface area contributed by atoms with Gasteiger partial charge in [-0.15, -0.1) is 5.10 Å². The number of carbonyl (C=O) groups is 1. The van der Waals surface area contributed by atoms with Crippen molar-refractivity contribution in [2.24, 2.45) is 0 Å². The Labute approximate surface area is 141 Å². The number of fused-ring (bicyclic) bond motifs is 3. The molecule has 0 unspecified atom stereocenters. The number of hydrogen-bond donors (Lipinski definition) is 1. The fourth-order valence-electron chi connectivity index (χ4n) is 2.91. The maximum absolute atomic E-state index is 12.0. The Morgan fingerprint density at radius 2 is 2.17 bits per heavy atom. The van der Waals surface area contributed by atoms with Crippen molar-refractivity contribution in [2.45, 2.75) is 53.0 Å². The fraction of sp³-hybridized carbons (Fsp3) is 0.444. The molecule has 126 valence electrons. The normalized spacial score (nSPS) is 12.7. The molecule has 0 aliphatic carbocycles. The molecule has 6 nitrogen and oxygen atoms in total. The molecular formula is C18H23N5O. The topological polar surface area (TPSA) is 72.2 Å². The number of rotatable bonds is 5. The van der Waals surface area contributed by atoms with E-state index in [2.05, 4.69) is 22.3 Å². The third-order valence-electron chi connectivity index (χ3n) is 4.51. The van der Waals surface area contributed by atoms with Crippen molar-refractivity contribution >= 4 is 22.6 Å². The summed E-state index contributed by atoms with van der Waals surface area (Å²) in [5, 5.41) is 8.50. The summed E-state index contributed by atoms with van der Waals surface area (Å²) in [5.41, 5.74) is 4.56. The Hall–Kier alpha value is -2.50. The van der Waals surface area contributed by atoms with Crippen molar-refractivity contribution in [2.75, 3.05) is 0 Å². The van der Waals surface area contributed by atoms with Gasteiger partial charge in [0.25, 0.3) is 0 Å². The largest absolute Gasteiger partial charge is 0.354 e. The molecule has 0 fully saturated rings. The van der Waals surface area contributed by atoms with Gasteiger partial charge in [0, 0.05) is 30.0 Å².